The van der Waals surface area contributed by atoms with E-state index in [0.29, 0.717) is 11.1 Å². The predicted octanol–water partition coefficient (Wildman–Crippen LogP) is 3.02. The number of rotatable bonds is 6. The number of sulfonamides is 1. The molecule has 1 aliphatic carbocycles. The van der Waals surface area contributed by atoms with Crippen LogP contribution in [0.25, 0.3) is 0 Å². The highest BCUT2D eigenvalue weighted by molar-refractivity contribution is 7.89. The molecule has 7 heteroatoms. The van der Waals surface area contributed by atoms with E-state index in [1.54, 1.807) is 24.3 Å². The Morgan fingerprint density at radius 2 is 1.88 bits per heavy atom. The molecule has 5 nitrogen and oxygen atoms in total. The molecule has 0 aromatic heterocycles. The SMILES string of the molecule is O=C(O)Cc1ccc2c(c1C(Cl)NS(=O)(=O)c1ccccc1)CCC2. The van der Waals surface area contributed by atoms with Crippen LogP contribution in [0.15, 0.2) is 47.4 Å². The lowest BCUT2D eigenvalue weighted by atomic mass is 9.95. The number of nitrogens with one attached hydrogen (secondary N) is 1. The highest BCUT2D eigenvalue weighted by Gasteiger charge is 2.27. The third-order valence-corrected chi connectivity index (χ3v) is 6.22. The summed E-state index contributed by atoms with van der Waals surface area (Å²) < 4.78 is 27.6. The lowest BCUT2D eigenvalue weighted by molar-refractivity contribution is -0.136. The molecule has 0 saturated heterocycles. The minimum Gasteiger partial charge on any atom is -0.481 e. The van der Waals surface area contributed by atoms with Gasteiger partial charge < -0.3 is 5.11 Å². The second-order valence-electron chi connectivity index (χ2n) is 6.00. The van der Waals surface area contributed by atoms with Gasteiger partial charge in [-0.25, -0.2) is 8.42 Å². The number of carboxylic acids is 1. The fourth-order valence-corrected chi connectivity index (χ4v) is 4.90. The Bertz CT molecular complexity index is 897. The van der Waals surface area contributed by atoms with Crippen LogP contribution in [0.1, 0.15) is 34.2 Å². The fourth-order valence-electron chi connectivity index (χ4n) is 3.24. The Kier molecular flexibility index (Phi) is 5.13. The molecule has 0 bridgehead atoms. The summed E-state index contributed by atoms with van der Waals surface area (Å²) in [5.74, 6) is -0.978. The Balaban J connectivity index is 1.98. The van der Waals surface area contributed by atoms with Gasteiger partial charge in [0.2, 0.25) is 10.0 Å². The Hall–Kier alpha value is -1.89. The maximum atomic E-state index is 12.5. The molecule has 0 heterocycles. The van der Waals surface area contributed by atoms with Gasteiger partial charge in [0.15, 0.2) is 0 Å². The van der Waals surface area contributed by atoms with E-state index < -0.39 is 21.5 Å². The van der Waals surface area contributed by atoms with Gasteiger partial charge in [-0.05, 0) is 53.6 Å². The number of fused-ring (bicyclic) bond motifs is 1. The first kappa shape index (κ1) is 17.9. The highest BCUT2D eigenvalue weighted by Crippen LogP contribution is 2.34. The average Bonchev–Trinajstić information content (AvgIpc) is 3.03. The quantitative estimate of drug-likeness (QED) is 0.597. The number of hydrogen-bond donors (Lipinski definition) is 2. The standard InChI is InChI=1S/C18H18ClNO4S/c19-18(20-25(23,24)14-6-2-1-3-7-14)17-13(11-16(21)22)10-9-12-5-4-8-15(12)17/h1-3,6-7,9-10,18,20H,4-5,8,11H2,(H,21,22). The topological polar surface area (TPSA) is 83.5 Å². The third kappa shape index (κ3) is 3.86. The van der Waals surface area contributed by atoms with Crippen LogP contribution in [0.3, 0.4) is 0 Å². The first-order valence-corrected chi connectivity index (χ1v) is 9.87. The fraction of sp³-hybridized carbons (Fsp3) is 0.278. The van der Waals surface area contributed by atoms with Gasteiger partial charge in [-0.15, -0.1) is 0 Å². The van der Waals surface area contributed by atoms with Crippen LogP contribution < -0.4 is 4.72 Å². The van der Waals surface area contributed by atoms with Gasteiger partial charge >= 0.3 is 5.97 Å². The van der Waals surface area contributed by atoms with Gasteiger partial charge in [-0.3, -0.25) is 4.79 Å². The lowest BCUT2D eigenvalue weighted by Crippen LogP contribution is -2.27. The number of hydrogen-bond acceptors (Lipinski definition) is 3. The number of halogens is 1. The summed E-state index contributed by atoms with van der Waals surface area (Å²) >= 11 is 6.43. The third-order valence-electron chi connectivity index (χ3n) is 4.32. The van der Waals surface area contributed by atoms with Crippen LogP contribution in [-0.2, 0) is 34.1 Å². The van der Waals surface area contributed by atoms with Gasteiger partial charge in [0.25, 0.3) is 0 Å². The molecule has 0 spiro atoms. The van der Waals surface area contributed by atoms with Crippen molar-refractivity contribution >= 4 is 27.6 Å². The minimum atomic E-state index is -3.80. The predicted molar refractivity (Wildman–Crippen MR) is 95.2 cm³/mol. The highest BCUT2D eigenvalue weighted by atomic mass is 35.5. The van der Waals surface area contributed by atoms with Crippen LogP contribution in [0.2, 0.25) is 0 Å². The first-order chi connectivity index (χ1) is 11.9. The van der Waals surface area contributed by atoms with Crippen molar-refractivity contribution in [1.29, 1.82) is 0 Å². The van der Waals surface area contributed by atoms with Crippen LogP contribution in [0.4, 0.5) is 0 Å². The summed E-state index contributed by atoms with van der Waals surface area (Å²) in [6.07, 6.45) is 2.42. The molecule has 2 N–H and O–H groups in total. The van der Waals surface area contributed by atoms with Crippen LogP contribution in [-0.4, -0.2) is 19.5 Å². The second-order valence-corrected chi connectivity index (χ2v) is 8.15. The monoisotopic (exact) mass is 379 g/mol. The zero-order valence-corrected chi connectivity index (χ0v) is 15.0. The molecule has 0 saturated carbocycles. The second kappa shape index (κ2) is 7.15. The summed E-state index contributed by atoms with van der Waals surface area (Å²) in [6.45, 7) is 0. The van der Waals surface area contributed by atoms with Crippen molar-refractivity contribution in [3.8, 4) is 0 Å². The molecule has 2 aromatic rings. The van der Waals surface area contributed by atoms with Crippen molar-refractivity contribution in [2.24, 2.45) is 0 Å². The molecule has 0 radical (unpaired) electrons. The van der Waals surface area contributed by atoms with E-state index >= 15 is 0 Å². The molecule has 25 heavy (non-hydrogen) atoms. The summed E-state index contributed by atoms with van der Waals surface area (Å²) in [5.41, 5.74) is 2.18. The molecule has 0 fully saturated rings. The molecule has 1 aliphatic rings. The van der Waals surface area contributed by atoms with Crippen LogP contribution >= 0.6 is 11.6 Å². The van der Waals surface area contributed by atoms with E-state index in [1.165, 1.54) is 12.1 Å². The summed E-state index contributed by atoms with van der Waals surface area (Å²) in [7, 11) is -3.80. The van der Waals surface area contributed by atoms with Crippen molar-refractivity contribution < 1.29 is 18.3 Å². The first-order valence-electron chi connectivity index (χ1n) is 7.95. The molecule has 3 rings (SSSR count). The van der Waals surface area contributed by atoms with E-state index in [2.05, 4.69) is 4.72 Å². The van der Waals surface area contributed by atoms with Gasteiger partial charge in [0.05, 0.1) is 11.3 Å². The number of aryl methyl sites for hydroxylation is 1. The van der Waals surface area contributed by atoms with Crippen molar-refractivity contribution in [3.05, 3.63) is 64.7 Å². The van der Waals surface area contributed by atoms with Crippen molar-refractivity contribution in [3.63, 3.8) is 0 Å². The lowest BCUT2D eigenvalue weighted by Gasteiger charge is -2.20. The van der Waals surface area contributed by atoms with Gasteiger partial charge in [-0.1, -0.05) is 41.9 Å². The Labute approximate surface area is 151 Å². The summed E-state index contributed by atoms with van der Waals surface area (Å²) in [5, 5.41) is 9.15. The molecular weight excluding hydrogens is 362 g/mol. The Morgan fingerprint density at radius 1 is 1.16 bits per heavy atom. The smallest absolute Gasteiger partial charge is 0.307 e. The largest absolute Gasteiger partial charge is 0.481 e. The van der Waals surface area contributed by atoms with E-state index in [0.717, 1.165) is 30.4 Å². The van der Waals surface area contributed by atoms with E-state index in [9.17, 15) is 13.2 Å². The molecule has 0 aliphatic heterocycles. The summed E-state index contributed by atoms with van der Waals surface area (Å²) in [4.78, 5) is 11.3. The zero-order valence-electron chi connectivity index (χ0n) is 13.4. The molecule has 132 valence electrons. The van der Waals surface area contributed by atoms with Gasteiger partial charge in [0.1, 0.15) is 5.50 Å². The number of carbonyl (C=O) groups is 1. The minimum absolute atomic E-state index is 0.119. The zero-order chi connectivity index (χ0) is 18.0. The van der Waals surface area contributed by atoms with Gasteiger partial charge in [0, 0.05) is 0 Å². The number of benzene rings is 2. The van der Waals surface area contributed by atoms with E-state index in [4.69, 9.17) is 16.7 Å². The maximum Gasteiger partial charge on any atom is 0.307 e. The molecular formula is C18H18ClNO4S. The number of alkyl halides is 1. The molecule has 1 unspecified atom stereocenters. The number of carboxylic acid groups (broad SMARTS) is 1. The maximum absolute atomic E-state index is 12.5. The van der Waals surface area contributed by atoms with Gasteiger partial charge in [-0.2, -0.15) is 4.72 Å². The normalized spacial score (nSPS) is 14.9. The summed E-state index contributed by atoms with van der Waals surface area (Å²) in [6, 6.07) is 11.6. The van der Waals surface area contributed by atoms with E-state index in [1.807, 2.05) is 6.07 Å². The van der Waals surface area contributed by atoms with Crippen LogP contribution in [0, 0.1) is 0 Å². The van der Waals surface area contributed by atoms with E-state index in [-0.39, 0.29) is 11.3 Å². The van der Waals surface area contributed by atoms with Crippen molar-refractivity contribution in [2.75, 3.05) is 0 Å². The molecule has 1 atom stereocenters. The molecule has 2 aromatic carbocycles. The molecule has 0 amide bonds. The Morgan fingerprint density at radius 3 is 2.56 bits per heavy atom. The average molecular weight is 380 g/mol. The van der Waals surface area contributed by atoms with Crippen LogP contribution in [0.5, 0.6) is 0 Å². The van der Waals surface area contributed by atoms with Crippen molar-refractivity contribution in [1.82, 2.24) is 4.72 Å². The van der Waals surface area contributed by atoms with Crippen molar-refractivity contribution in [2.45, 2.75) is 36.1 Å². The number of aliphatic carboxylic acids is 1.